The highest BCUT2D eigenvalue weighted by molar-refractivity contribution is 6.06. The molecule has 1 atom stereocenters. The standard InChI is InChI=1S/C24H21N5O/c1-15-10-12-17(13-11-15)27-23(30)21-16(2)26-24-28-18-7-3-4-9-20(18)29(24)22(21)19-8-5-6-14-25-19/h3-14,22H,1-2H3,(H,26,28)(H,27,30)/t22-/m0/s1. The number of para-hydroxylation sites is 2. The molecule has 0 saturated heterocycles. The summed E-state index contributed by atoms with van der Waals surface area (Å²) in [4.78, 5) is 22.8. The zero-order chi connectivity index (χ0) is 20.7. The summed E-state index contributed by atoms with van der Waals surface area (Å²) in [5.74, 6) is 0.541. The topological polar surface area (TPSA) is 71.8 Å². The molecule has 1 aliphatic rings. The molecule has 0 radical (unpaired) electrons. The van der Waals surface area contributed by atoms with Gasteiger partial charge in [-0.15, -0.1) is 0 Å². The molecule has 5 rings (SSSR count). The number of imidazole rings is 1. The zero-order valence-corrected chi connectivity index (χ0v) is 16.8. The van der Waals surface area contributed by atoms with Crippen LogP contribution >= 0.6 is 0 Å². The molecular weight excluding hydrogens is 374 g/mol. The van der Waals surface area contributed by atoms with Crippen LogP contribution in [0.2, 0.25) is 0 Å². The van der Waals surface area contributed by atoms with E-state index in [0.29, 0.717) is 11.5 Å². The van der Waals surface area contributed by atoms with Gasteiger partial charge in [0, 0.05) is 17.6 Å². The third-order valence-electron chi connectivity index (χ3n) is 5.35. The molecule has 2 aromatic heterocycles. The van der Waals surface area contributed by atoms with Crippen LogP contribution in [0.25, 0.3) is 11.0 Å². The minimum absolute atomic E-state index is 0.164. The molecule has 0 fully saturated rings. The fraction of sp³-hybridized carbons (Fsp3) is 0.125. The molecule has 0 aliphatic carbocycles. The van der Waals surface area contributed by atoms with Crippen LogP contribution < -0.4 is 10.6 Å². The smallest absolute Gasteiger partial charge is 0.255 e. The van der Waals surface area contributed by atoms with Crippen LogP contribution in [-0.2, 0) is 4.79 Å². The Hall–Kier alpha value is -3.93. The second-order valence-electron chi connectivity index (χ2n) is 7.44. The van der Waals surface area contributed by atoms with E-state index < -0.39 is 0 Å². The number of rotatable bonds is 3. The number of benzene rings is 2. The lowest BCUT2D eigenvalue weighted by molar-refractivity contribution is -0.113. The van der Waals surface area contributed by atoms with Gasteiger partial charge in [-0.25, -0.2) is 4.98 Å². The third kappa shape index (κ3) is 3.03. The molecule has 6 heteroatoms. The van der Waals surface area contributed by atoms with E-state index in [9.17, 15) is 4.79 Å². The predicted octanol–water partition coefficient (Wildman–Crippen LogP) is 4.67. The number of nitrogens with one attached hydrogen (secondary N) is 2. The molecule has 3 heterocycles. The number of anilines is 2. The molecule has 1 amide bonds. The van der Waals surface area contributed by atoms with Crippen LogP contribution in [0.15, 0.2) is 84.2 Å². The van der Waals surface area contributed by atoms with Gasteiger partial charge in [0.25, 0.3) is 5.91 Å². The number of allylic oxidation sites excluding steroid dienone is 1. The van der Waals surface area contributed by atoms with Crippen LogP contribution in [-0.4, -0.2) is 20.4 Å². The summed E-state index contributed by atoms with van der Waals surface area (Å²) in [5, 5.41) is 6.36. The van der Waals surface area contributed by atoms with E-state index in [2.05, 4.69) is 20.2 Å². The molecule has 2 aromatic carbocycles. The van der Waals surface area contributed by atoms with E-state index in [-0.39, 0.29) is 11.9 Å². The van der Waals surface area contributed by atoms with E-state index in [1.165, 1.54) is 0 Å². The summed E-state index contributed by atoms with van der Waals surface area (Å²) in [7, 11) is 0. The highest BCUT2D eigenvalue weighted by Crippen LogP contribution is 2.38. The third-order valence-corrected chi connectivity index (χ3v) is 5.35. The summed E-state index contributed by atoms with van der Waals surface area (Å²) in [6.45, 7) is 3.93. The Kier molecular flexibility index (Phi) is 4.32. The second kappa shape index (κ2) is 7.15. The van der Waals surface area contributed by atoms with Crippen molar-refractivity contribution in [2.24, 2.45) is 0 Å². The van der Waals surface area contributed by atoms with Crippen molar-refractivity contribution in [2.45, 2.75) is 19.9 Å². The molecular formula is C24H21N5O. The van der Waals surface area contributed by atoms with Crippen molar-refractivity contribution in [2.75, 3.05) is 10.6 Å². The van der Waals surface area contributed by atoms with E-state index in [0.717, 1.165) is 33.7 Å². The molecule has 4 aromatic rings. The van der Waals surface area contributed by atoms with Crippen molar-refractivity contribution < 1.29 is 4.79 Å². The number of amides is 1. The molecule has 0 spiro atoms. The number of fused-ring (bicyclic) bond motifs is 3. The van der Waals surface area contributed by atoms with Gasteiger partial charge in [0.05, 0.1) is 22.3 Å². The Balaban J connectivity index is 1.65. The summed E-state index contributed by atoms with van der Waals surface area (Å²) in [6.07, 6.45) is 1.75. The Morgan fingerprint density at radius 2 is 1.77 bits per heavy atom. The SMILES string of the molecule is CC1=C(C(=O)Nc2ccc(C)cc2)[C@H](c2ccccn2)n2c(nc3ccccc32)N1. The Labute approximate surface area is 174 Å². The first kappa shape index (κ1) is 18.1. The number of nitrogens with zero attached hydrogens (tertiary/aromatic N) is 3. The maximum absolute atomic E-state index is 13.4. The highest BCUT2D eigenvalue weighted by Gasteiger charge is 2.34. The first-order chi connectivity index (χ1) is 14.6. The quantitative estimate of drug-likeness (QED) is 0.529. The maximum Gasteiger partial charge on any atom is 0.255 e. The average Bonchev–Trinajstić information content (AvgIpc) is 3.12. The van der Waals surface area contributed by atoms with Crippen LogP contribution in [0.4, 0.5) is 11.6 Å². The molecule has 1 aliphatic heterocycles. The lowest BCUT2D eigenvalue weighted by Crippen LogP contribution is -2.31. The molecule has 0 unspecified atom stereocenters. The lowest BCUT2D eigenvalue weighted by atomic mass is 9.97. The van der Waals surface area contributed by atoms with Crippen molar-refractivity contribution in [1.29, 1.82) is 0 Å². The van der Waals surface area contributed by atoms with Crippen molar-refractivity contribution in [3.63, 3.8) is 0 Å². The number of carbonyl (C=O) groups excluding carboxylic acids is 1. The van der Waals surface area contributed by atoms with E-state index in [1.54, 1.807) is 6.20 Å². The summed E-state index contributed by atoms with van der Waals surface area (Å²) in [6, 6.07) is 21.1. The monoisotopic (exact) mass is 395 g/mol. The number of carbonyl (C=O) groups is 1. The Morgan fingerprint density at radius 1 is 1.00 bits per heavy atom. The first-order valence-electron chi connectivity index (χ1n) is 9.85. The van der Waals surface area contributed by atoms with Crippen LogP contribution in [0.3, 0.4) is 0 Å². The number of aromatic nitrogens is 3. The highest BCUT2D eigenvalue weighted by atomic mass is 16.1. The van der Waals surface area contributed by atoms with Gasteiger partial charge in [-0.05, 0) is 50.2 Å². The summed E-state index contributed by atoms with van der Waals surface area (Å²) < 4.78 is 2.05. The molecule has 0 saturated carbocycles. The van der Waals surface area contributed by atoms with E-state index in [1.807, 2.05) is 80.6 Å². The largest absolute Gasteiger partial charge is 0.329 e. The fourth-order valence-electron chi connectivity index (χ4n) is 3.91. The van der Waals surface area contributed by atoms with Gasteiger partial charge in [-0.3, -0.25) is 14.3 Å². The zero-order valence-electron chi connectivity index (χ0n) is 16.8. The van der Waals surface area contributed by atoms with Gasteiger partial charge in [-0.2, -0.15) is 0 Å². The van der Waals surface area contributed by atoms with Crippen molar-refractivity contribution in [1.82, 2.24) is 14.5 Å². The van der Waals surface area contributed by atoms with Crippen molar-refractivity contribution in [3.8, 4) is 0 Å². The molecule has 0 bridgehead atoms. The van der Waals surface area contributed by atoms with Crippen molar-refractivity contribution >= 4 is 28.6 Å². The van der Waals surface area contributed by atoms with Gasteiger partial charge < -0.3 is 10.6 Å². The number of pyridine rings is 1. The second-order valence-corrected chi connectivity index (χ2v) is 7.44. The Bertz CT molecular complexity index is 1270. The van der Waals surface area contributed by atoms with Crippen LogP contribution in [0.1, 0.15) is 24.2 Å². The lowest BCUT2D eigenvalue weighted by Gasteiger charge is -2.30. The maximum atomic E-state index is 13.4. The van der Waals surface area contributed by atoms with Crippen LogP contribution in [0.5, 0.6) is 0 Å². The van der Waals surface area contributed by atoms with E-state index in [4.69, 9.17) is 4.98 Å². The number of hydrogen-bond acceptors (Lipinski definition) is 4. The number of aryl methyl sites for hydroxylation is 1. The minimum Gasteiger partial charge on any atom is -0.329 e. The van der Waals surface area contributed by atoms with Gasteiger partial charge in [-0.1, -0.05) is 35.9 Å². The molecule has 6 nitrogen and oxygen atoms in total. The average molecular weight is 395 g/mol. The predicted molar refractivity (Wildman–Crippen MR) is 118 cm³/mol. The van der Waals surface area contributed by atoms with Gasteiger partial charge in [0.15, 0.2) is 0 Å². The molecule has 148 valence electrons. The van der Waals surface area contributed by atoms with Gasteiger partial charge in [0.1, 0.15) is 6.04 Å². The van der Waals surface area contributed by atoms with Crippen molar-refractivity contribution in [3.05, 3.63) is 95.5 Å². The Morgan fingerprint density at radius 3 is 2.53 bits per heavy atom. The summed E-state index contributed by atoms with van der Waals surface area (Å²) in [5.41, 5.74) is 5.88. The normalized spacial score (nSPS) is 15.6. The van der Waals surface area contributed by atoms with E-state index >= 15 is 0 Å². The van der Waals surface area contributed by atoms with Gasteiger partial charge >= 0.3 is 0 Å². The van der Waals surface area contributed by atoms with Gasteiger partial charge in [0.2, 0.25) is 5.95 Å². The fourth-order valence-corrected chi connectivity index (χ4v) is 3.91. The molecule has 2 N–H and O–H groups in total. The molecule has 30 heavy (non-hydrogen) atoms. The first-order valence-corrected chi connectivity index (χ1v) is 9.85. The minimum atomic E-state index is -0.389. The van der Waals surface area contributed by atoms with Crippen LogP contribution in [0, 0.1) is 6.92 Å². The summed E-state index contributed by atoms with van der Waals surface area (Å²) >= 11 is 0. The number of hydrogen-bond donors (Lipinski definition) is 2.